The summed E-state index contributed by atoms with van der Waals surface area (Å²) in [4.78, 5) is 27.4. The van der Waals surface area contributed by atoms with E-state index in [4.69, 9.17) is 4.74 Å². The molecule has 186 valence electrons. The Kier molecular flexibility index (Phi) is 5.73. The van der Waals surface area contributed by atoms with Crippen LogP contribution in [0.5, 0.6) is 5.88 Å². The van der Waals surface area contributed by atoms with Gasteiger partial charge < -0.3 is 14.2 Å². The van der Waals surface area contributed by atoms with Gasteiger partial charge in [-0.2, -0.15) is 13.2 Å². The minimum atomic E-state index is -4.45. The van der Waals surface area contributed by atoms with Crippen molar-refractivity contribution in [2.45, 2.75) is 32.6 Å². The molecule has 0 aliphatic carbocycles. The highest BCUT2D eigenvalue weighted by Gasteiger charge is 2.35. The van der Waals surface area contributed by atoms with E-state index >= 15 is 0 Å². The zero-order valence-electron chi connectivity index (χ0n) is 19.7. The van der Waals surface area contributed by atoms with Crippen LogP contribution in [0.3, 0.4) is 0 Å². The van der Waals surface area contributed by atoms with Gasteiger partial charge in [0, 0.05) is 19.7 Å². The van der Waals surface area contributed by atoms with Crippen LogP contribution in [0.15, 0.2) is 48.9 Å². The summed E-state index contributed by atoms with van der Waals surface area (Å²) in [5, 5.41) is 4.58. The van der Waals surface area contributed by atoms with Gasteiger partial charge in [-0.25, -0.2) is 19.6 Å². The van der Waals surface area contributed by atoms with Crippen LogP contribution in [-0.4, -0.2) is 53.8 Å². The molecule has 1 aromatic carbocycles. The third kappa shape index (κ3) is 4.18. The number of carbonyl (C=O) groups excluding carboxylic acids is 1. The molecule has 0 saturated heterocycles. The summed E-state index contributed by atoms with van der Waals surface area (Å²) in [5.41, 5.74) is 1.73. The van der Waals surface area contributed by atoms with E-state index in [-0.39, 0.29) is 5.91 Å². The first-order chi connectivity index (χ1) is 17.2. The Labute approximate surface area is 204 Å². The van der Waals surface area contributed by atoms with Crippen LogP contribution in [0.4, 0.5) is 13.2 Å². The van der Waals surface area contributed by atoms with Crippen LogP contribution in [0.1, 0.15) is 35.6 Å². The lowest BCUT2D eigenvalue weighted by atomic mass is 10.0. The van der Waals surface area contributed by atoms with Crippen molar-refractivity contribution < 1.29 is 22.7 Å². The number of hydrogen-bond acceptors (Lipinski definition) is 6. The van der Waals surface area contributed by atoms with Gasteiger partial charge in [-0.15, -0.1) is 5.10 Å². The summed E-state index contributed by atoms with van der Waals surface area (Å²) in [6, 6.07) is 7.64. The Bertz CT molecular complexity index is 1430. The van der Waals surface area contributed by atoms with Crippen molar-refractivity contribution in [3.05, 3.63) is 71.6 Å². The van der Waals surface area contributed by atoms with Crippen LogP contribution in [0, 0.1) is 6.92 Å². The van der Waals surface area contributed by atoms with Crippen molar-refractivity contribution in [3.63, 3.8) is 0 Å². The number of hydrogen-bond donors (Lipinski definition) is 0. The number of alkyl halides is 3. The van der Waals surface area contributed by atoms with Crippen molar-refractivity contribution in [2.24, 2.45) is 0 Å². The lowest BCUT2D eigenvalue weighted by Gasteiger charge is -2.34. The molecule has 4 heterocycles. The van der Waals surface area contributed by atoms with E-state index in [2.05, 4.69) is 20.1 Å². The van der Waals surface area contributed by atoms with E-state index in [1.54, 1.807) is 26.5 Å². The Morgan fingerprint density at radius 3 is 2.44 bits per heavy atom. The third-order valence-electron chi connectivity index (χ3n) is 6.02. The molecule has 0 radical (unpaired) electrons. The van der Waals surface area contributed by atoms with Crippen molar-refractivity contribution in [1.29, 1.82) is 0 Å². The Hall–Kier alpha value is -4.22. The highest BCUT2D eigenvalue weighted by molar-refractivity contribution is 5.74. The number of methoxy groups -OCH3 is 1. The van der Waals surface area contributed by atoms with E-state index in [1.165, 1.54) is 26.2 Å². The van der Waals surface area contributed by atoms with Gasteiger partial charge in [-0.3, -0.25) is 4.79 Å². The van der Waals surface area contributed by atoms with Crippen LogP contribution in [0.2, 0.25) is 0 Å². The fourth-order valence-corrected chi connectivity index (χ4v) is 4.28. The van der Waals surface area contributed by atoms with E-state index in [0.717, 1.165) is 17.8 Å². The number of halogens is 3. The first-order valence-electron chi connectivity index (χ1n) is 11.1. The van der Waals surface area contributed by atoms with Gasteiger partial charge in [-0.05, 0) is 36.8 Å². The first-order valence-corrected chi connectivity index (χ1v) is 11.1. The maximum Gasteiger partial charge on any atom is 0.416 e. The smallest absolute Gasteiger partial charge is 0.416 e. The molecule has 0 saturated carbocycles. The molecule has 1 aliphatic heterocycles. The zero-order chi connectivity index (χ0) is 25.6. The van der Waals surface area contributed by atoms with Gasteiger partial charge in [-0.1, -0.05) is 12.1 Å². The number of fused-ring (bicyclic) bond motifs is 1. The summed E-state index contributed by atoms with van der Waals surface area (Å²) in [5.74, 6) is 0.901. The van der Waals surface area contributed by atoms with Crippen LogP contribution >= 0.6 is 0 Å². The fourth-order valence-electron chi connectivity index (χ4n) is 4.28. The molecule has 12 heteroatoms. The lowest BCUT2D eigenvalue weighted by molar-refractivity contribution is -0.137. The SMILES string of the molecule is COc1nc(-c2nc3n(n2)CCN(C(C)=O)[C@H]3c2ccc(C(F)(F)F)cc2)ccc1-n1cnc(C)c1. The van der Waals surface area contributed by atoms with Crippen LogP contribution < -0.4 is 4.74 Å². The largest absolute Gasteiger partial charge is 0.479 e. The molecular weight excluding hydrogens is 475 g/mol. The highest BCUT2D eigenvalue weighted by atomic mass is 19.4. The monoisotopic (exact) mass is 497 g/mol. The van der Waals surface area contributed by atoms with Crippen molar-refractivity contribution in [2.75, 3.05) is 13.7 Å². The van der Waals surface area contributed by atoms with Crippen LogP contribution in [0.25, 0.3) is 17.2 Å². The molecule has 3 aromatic heterocycles. The number of pyridine rings is 1. The number of ether oxygens (including phenoxy) is 1. The van der Waals surface area contributed by atoms with Crippen molar-refractivity contribution in [3.8, 4) is 23.1 Å². The summed E-state index contributed by atoms with van der Waals surface area (Å²) in [6.07, 6.45) is -0.949. The number of aromatic nitrogens is 6. The molecule has 0 unspecified atom stereocenters. The number of amides is 1. The molecule has 1 amide bonds. The van der Waals surface area contributed by atoms with E-state index < -0.39 is 17.8 Å². The number of rotatable bonds is 4. The molecule has 4 aromatic rings. The molecule has 1 atom stereocenters. The normalized spacial score (nSPS) is 15.6. The summed E-state index contributed by atoms with van der Waals surface area (Å²) < 4.78 is 48.2. The minimum absolute atomic E-state index is 0.213. The number of aryl methyl sites for hydroxylation is 1. The van der Waals surface area contributed by atoms with E-state index in [0.29, 0.717) is 47.6 Å². The average molecular weight is 497 g/mol. The molecule has 9 nitrogen and oxygen atoms in total. The standard InChI is InChI=1S/C24H22F3N7O2/c1-14-12-32(13-28-14)19-9-8-18(29-23(19)36-3)21-30-22-20(33(15(2)35)10-11-34(22)31-21)16-4-6-17(7-5-16)24(25,26)27/h4-9,12-13,20H,10-11H2,1-3H3/t20-/m0/s1. The summed E-state index contributed by atoms with van der Waals surface area (Å²) in [7, 11) is 1.51. The highest BCUT2D eigenvalue weighted by Crippen LogP contribution is 2.35. The van der Waals surface area contributed by atoms with Gasteiger partial charge in [0.25, 0.3) is 0 Å². The molecule has 0 spiro atoms. The molecule has 1 aliphatic rings. The molecule has 0 N–H and O–H groups in total. The summed E-state index contributed by atoms with van der Waals surface area (Å²) >= 11 is 0. The second-order valence-corrected chi connectivity index (χ2v) is 8.40. The van der Waals surface area contributed by atoms with Crippen molar-refractivity contribution >= 4 is 5.91 Å². The first kappa shape index (κ1) is 23.5. The summed E-state index contributed by atoms with van der Waals surface area (Å²) in [6.45, 7) is 4.03. The molecule has 36 heavy (non-hydrogen) atoms. The molecular formula is C24H22F3N7O2. The molecule has 5 rings (SSSR count). The lowest BCUT2D eigenvalue weighted by Crippen LogP contribution is -2.42. The molecule has 0 fully saturated rings. The maximum absolute atomic E-state index is 13.1. The van der Waals surface area contributed by atoms with Crippen molar-refractivity contribution in [1.82, 2.24) is 34.2 Å². The number of benzene rings is 1. The topological polar surface area (TPSA) is 91.0 Å². The number of carbonyl (C=O) groups is 1. The van der Waals surface area contributed by atoms with Gasteiger partial charge >= 0.3 is 6.18 Å². The van der Waals surface area contributed by atoms with E-state index in [9.17, 15) is 18.0 Å². The third-order valence-corrected chi connectivity index (χ3v) is 6.02. The Morgan fingerprint density at radius 1 is 1.08 bits per heavy atom. The van der Waals surface area contributed by atoms with Gasteiger partial charge in [0.2, 0.25) is 11.8 Å². The predicted octanol–water partition coefficient (Wildman–Crippen LogP) is 3.81. The number of nitrogens with zero attached hydrogens (tertiary/aromatic N) is 7. The zero-order valence-corrected chi connectivity index (χ0v) is 19.7. The van der Waals surface area contributed by atoms with Crippen LogP contribution in [-0.2, 0) is 17.5 Å². The quantitative estimate of drug-likeness (QED) is 0.426. The van der Waals surface area contributed by atoms with E-state index in [1.807, 2.05) is 19.2 Å². The Morgan fingerprint density at radius 2 is 1.83 bits per heavy atom. The number of imidazole rings is 1. The predicted molar refractivity (Wildman–Crippen MR) is 122 cm³/mol. The second-order valence-electron chi connectivity index (χ2n) is 8.40. The second kappa shape index (κ2) is 8.77. The van der Waals surface area contributed by atoms with Gasteiger partial charge in [0.1, 0.15) is 17.4 Å². The fraction of sp³-hybridized carbons (Fsp3) is 0.292. The van der Waals surface area contributed by atoms with Gasteiger partial charge in [0.15, 0.2) is 11.6 Å². The molecule has 0 bridgehead atoms. The Balaban J connectivity index is 1.55. The van der Waals surface area contributed by atoms with Gasteiger partial charge in [0.05, 0.1) is 31.2 Å². The minimum Gasteiger partial charge on any atom is -0.479 e. The maximum atomic E-state index is 13.1. The average Bonchev–Trinajstić information content (AvgIpc) is 3.48.